The van der Waals surface area contributed by atoms with Gasteiger partial charge in [-0.05, 0) is 37.3 Å². The maximum Gasteiger partial charge on any atom is 0.224 e. The second-order valence-electron chi connectivity index (χ2n) is 4.14. The van der Waals surface area contributed by atoms with Crippen LogP contribution in [-0.4, -0.2) is 17.7 Å². The van der Waals surface area contributed by atoms with Crippen molar-refractivity contribution in [2.75, 3.05) is 11.1 Å². The second kappa shape index (κ2) is 7.67. The van der Waals surface area contributed by atoms with Gasteiger partial charge in [-0.1, -0.05) is 18.5 Å². The van der Waals surface area contributed by atoms with Crippen molar-refractivity contribution in [3.8, 4) is 0 Å². The summed E-state index contributed by atoms with van der Waals surface area (Å²) in [4.78, 5) is 12.8. The van der Waals surface area contributed by atoms with Crippen molar-refractivity contribution >= 4 is 35.0 Å². The van der Waals surface area contributed by atoms with E-state index in [1.54, 1.807) is 17.8 Å². The first-order chi connectivity index (χ1) is 8.52. The van der Waals surface area contributed by atoms with Gasteiger partial charge in [0.05, 0.1) is 5.69 Å². The van der Waals surface area contributed by atoms with Gasteiger partial charge in [-0.2, -0.15) is 0 Å². The van der Waals surface area contributed by atoms with E-state index in [0.717, 1.165) is 16.3 Å². The average Bonchev–Trinajstić information content (AvgIpc) is 2.30. The van der Waals surface area contributed by atoms with E-state index < -0.39 is 0 Å². The fraction of sp³-hybridized carbons (Fsp3) is 0.462. The number of carbonyl (C=O) groups excluding carboxylic acids is 1. The van der Waals surface area contributed by atoms with E-state index in [1.807, 2.05) is 19.1 Å². The Morgan fingerprint density at radius 2 is 2.28 bits per heavy atom. The molecular formula is C13H19ClN2OS. The predicted octanol–water partition coefficient (Wildman–Crippen LogP) is 3.52. The van der Waals surface area contributed by atoms with Crippen LogP contribution in [0.4, 0.5) is 5.69 Å². The highest BCUT2D eigenvalue weighted by atomic mass is 35.5. The molecule has 1 aromatic carbocycles. The third kappa shape index (κ3) is 5.29. The molecular weight excluding hydrogens is 268 g/mol. The maximum absolute atomic E-state index is 11.8. The van der Waals surface area contributed by atoms with Gasteiger partial charge >= 0.3 is 0 Å². The van der Waals surface area contributed by atoms with Gasteiger partial charge in [-0.3, -0.25) is 4.79 Å². The van der Waals surface area contributed by atoms with Gasteiger partial charge in [-0.15, -0.1) is 11.8 Å². The minimum Gasteiger partial charge on any atom is -0.328 e. The highest BCUT2D eigenvalue weighted by Crippen LogP contribution is 2.29. The Morgan fingerprint density at radius 3 is 2.89 bits per heavy atom. The Balaban J connectivity index is 2.69. The molecule has 0 fully saturated rings. The molecule has 0 heterocycles. The lowest BCUT2D eigenvalue weighted by Gasteiger charge is -2.11. The van der Waals surface area contributed by atoms with Crippen molar-refractivity contribution in [3.05, 3.63) is 23.2 Å². The normalized spacial score (nSPS) is 12.2. The highest BCUT2D eigenvalue weighted by molar-refractivity contribution is 7.99. The van der Waals surface area contributed by atoms with Gasteiger partial charge < -0.3 is 11.1 Å². The molecule has 0 aliphatic heterocycles. The van der Waals surface area contributed by atoms with E-state index in [-0.39, 0.29) is 11.9 Å². The number of amides is 1. The predicted molar refractivity (Wildman–Crippen MR) is 79.4 cm³/mol. The van der Waals surface area contributed by atoms with Crippen LogP contribution in [0.15, 0.2) is 23.1 Å². The molecule has 0 saturated carbocycles. The summed E-state index contributed by atoms with van der Waals surface area (Å²) >= 11 is 7.63. The van der Waals surface area contributed by atoms with Gasteiger partial charge in [-0.25, -0.2) is 0 Å². The standard InChI is InChI=1S/C13H19ClN2OS/c1-3-18-12-6-5-10(14)8-11(12)16-13(17)7-4-9(2)15/h5-6,8-9H,3-4,7,15H2,1-2H3,(H,16,17). The van der Waals surface area contributed by atoms with Gasteiger partial charge in [0.2, 0.25) is 5.91 Å². The second-order valence-corrected chi connectivity index (χ2v) is 5.88. The lowest BCUT2D eigenvalue weighted by Crippen LogP contribution is -2.19. The number of nitrogens with two attached hydrogens (primary N) is 1. The topological polar surface area (TPSA) is 55.1 Å². The molecule has 0 radical (unpaired) electrons. The number of benzene rings is 1. The summed E-state index contributed by atoms with van der Waals surface area (Å²) in [5, 5.41) is 3.51. The molecule has 3 N–H and O–H groups in total. The first kappa shape index (κ1) is 15.3. The zero-order chi connectivity index (χ0) is 13.5. The lowest BCUT2D eigenvalue weighted by atomic mass is 10.2. The number of halogens is 1. The Bertz CT molecular complexity index is 410. The van der Waals surface area contributed by atoms with Crippen LogP contribution in [-0.2, 0) is 4.79 Å². The van der Waals surface area contributed by atoms with Crippen LogP contribution in [0.25, 0.3) is 0 Å². The summed E-state index contributed by atoms with van der Waals surface area (Å²) in [6.45, 7) is 3.96. The smallest absolute Gasteiger partial charge is 0.224 e. The van der Waals surface area contributed by atoms with Crippen LogP contribution in [0.1, 0.15) is 26.7 Å². The maximum atomic E-state index is 11.8. The first-order valence-electron chi connectivity index (χ1n) is 6.00. The summed E-state index contributed by atoms with van der Waals surface area (Å²) in [7, 11) is 0. The number of rotatable bonds is 6. The molecule has 1 atom stereocenters. The molecule has 0 spiro atoms. The molecule has 100 valence electrons. The summed E-state index contributed by atoms with van der Waals surface area (Å²) in [5.41, 5.74) is 6.41. The Morgan fingerprint density at radius 1 is 1.56 bits per heavy atom. The van der Waals surface area contributed by atoms with E-state index in [1.165, 1.54) is 0 Å². The quantitative estimate of drug-likeness (QED) is 0.787. The van der Waals surface area contributed by atoms with Crippen molar-refractivity contribution in [2.24, 2.45) is 5.73 Å². The van der Waals surface area contributed by atoms with Crippen LogP contribution in [0.5, 0.6) is 0 Å². The summed E-state index contributed by atoms with van der Waals surface area (Å²) in [5.74, 6) is 0.928. The number of carbonyl (C=O) groups is 1. The zero-order valence-corrected chi connectivity index (χ0v) is 12.3. The molecule has 1 amide bonds. The number of hydrogen-bond donors (Lipinski definition) is 2. The average molecular weight is 287 g/mol. The lowest BCUT2D eigenvalue weighted by molar-refractivity contribution is -0.116. The van der Waals surface area contributed by atoms with E-state index in [9.17, 15) is 4.79 Å². The fourth-order valence-electron chi connectivity index (χ4n) is 1.45. The van der Waals surface area contributed by atoms with Crippen LogP contribution < -0.4 is 11.1 Å². The molecule has 1 aromatic rings. The van der Waals surface area contributed by atoms with Crippen LogP contribution in [0, 0.1) is 0 Å². The molecule has 0 aliphatic rings. The third-order valence-electron chi connectivity index (χ3n) is 2.34. The Hall–Kier alpha value is -0.710. The van der Waals surface area contributed by atoms with Gasteiger partial charge in [0.25, 0.3) is 0 Å². The molecule has 18 heavy (non-hydrogen) atoms. The SMILES string of the molecule is CCSc1ccc(Cl)cc1NC(=O)CCC(C)N. The van der Waals surface area contributed by atoms with Crippen molar-refractivity contribution in [1.82, 2.24) is 0 Å². The van der Waals surface area contributed by atoms with E-state index in [4.69, 9.17) is 17.3 Å². The van der Waals surface area contributed by atoms with Crippen LogP contribution >= 0.6 is 23.4 Å². The van der Waals surface area contributed by atoms with Gasteiger partial charge in [0.1, 0.15) is 0 Å². The molecule has 1 unspecified atom stereocenters. The number of nitrogens with one attached hydrogen (secondary N) is 1. The number of hydrogen-bond acceptors (Lipinski definition) is 3. The van der Waals surface area contributed by atoms with E-state index in [2.05, 4.69) is 12.2 Å². The monoisotopic (exact) mass is 286 g/mol. The van der Waals surface area contributed by atoms with Crippen molar-refractivity contribution in [3.63, 3.8) is 0 Å². The van der Waals surface area contributed by atoms with Gasteiger partial charge in [0, 0.05) is 22.4 Å². The third-order valence-corrected chi connectivity index (χ3v) is 3.53. The molecule has 1 rings (SSSR count). The van der Waals surface area contributed by atoms with Crippen LogP contribution in [0.3, 0.4) is 0 Å². The molecule has 0 aromatic heterocycles. The Labute approximate surface area is 117 Å². The first-order valence-corrected chi connectivity index (χ1v) is 7.37. The van der Waals surface area contributed by atoms with Crippen LogP contribution in [0.2, 0.25) is 5.02 Å². The summed E-state index contributed by atoms with van der Waals surface area (Å²) in [6, 6.07) is 5.58. The molecule has 0 bridgehead atoms. The minimum atomic E-state index is -0.0208. The summed E-state index contributed by atoms with van der Waals surface area (Å²) in [6.07, 6.45) is 1.11. The molecule has 0 saturated heterocycles. The number of anilines is 1. The Kier molecular flexibility index (Phi) is 6.54. The van der Waals surface area contributed by atoms with E-state index >= 15 is 0 Å². The molecule has 0 aliphatic carbocycles. The van der Waals surface area contributed by atoms with Crippen molar-refractivity contribution in [2.45, 2.75) is 37.6 Å². The summed E-state index contributed by atoms with van der Waals surface area (Å²) < 4.78 is 0. The van der Waals surface area contributed by atoms with Crippen molar-refractivity contribution in [1.29, 1.82) is 0 Å². The molecule has 5 heteroatoms. The minimum absolute atomic E-state index is 0.0208. The van der Waals surface area contributed by atoms with E-state index in [0.29, 0.717) is 17.9 Å². The van der Waals surface area contributed by atoms with Crippen molar-refractivity contribution < 1.29 is 4.79 Å². The molecule has 3 nitrogen and oxygen atoms in total. The highest BCUT2D eigenvalue weighted by Gasteiger charge is 2.08. The largest absolute Gasteiger partial charge is 0.328 e. The number of thioether (sulfide) groups is 1. The zero-order valence-electron chi connectivity index (χ0n) is 10.7. The van der Waals surface area contributed by atoms with Gasteiger partial charge in [0.15, 0.2) is 0 Å². The fourth-order valence-corrected chi connectivity index (χ4v) is 2.37.